The van der Waals surface area contributed by atoms with Crippen LogP contribution in [-0.2, 0) is 16.0 Å². The number of aromatic amines is 1. The van der Waals surface area contributed by atoms with E-state index in [0.29, 0.717) is 31.9 Å². The highest BCUT2D eigenvalue weighted by molar-refractivity contribution is 5.85. The number of aryl methyl sites for hydroxylation is 1. The number of carbonyl (C=O) groups excluding carboxylic acids is 1. The first-order chi connectivity index (χ1) is 9.97. The summed E-state index contributed by atoms with van der Waals surface area (Å²) >= 11 is 0. The Hall–Kier alpha value is -1.47. The summed E-state index contributed by atoms with van der Waals surface area (Å²) in [7, 11) is 0. The zero-order valence-electron chi connectivity index (χ0n) is 13.1. The first-order valence-corrected chi connectivity index (χ1v) is 7.59. The van der Waals surface area contributed by atoms with Crippen LogP contribution in [0.25, 0.3) is 0 Å². The third-order valence-electron chi connectivity index (χ3n) is 3.78. The number of hydrogen-bond acceptors (Lipinski definition) is 5. The zero-order chi connectivity index (χ0) is 15.5. The monoisotopic (exact) mass is 295 g/mol. The molecule has 7 nitrogen and oxygen atoms in total. The van der Waals surface area contributed by atoms with E-state index >= 15 is 0 Å². The van der Waals surface area contributed by atoms with Crippen molar-refractivity contribution in [1.29, 1.82) is 0 Å². The predicted octanol–water partition coefficient (Wildman–Crippen LogP) is 0.784. The Morgan fingerprint density at radius 2 is 2.33 bits per heavy atom. The van der Waals surface area contributed by atoms with Gasteiger partial charge in [0.1, 0.15) is 11.9 Å². The van der Waals surface area contributed by atoms with Crippen molar-refractivity contribution in [3.05, 3.63) is 11.6 Å². The summed E-state index contributed by atoms with van der Waals surface area (Å²) in [5, 5.41) is 7.05. The molecule has 0 radical (unpaired) electrons. The standard InChI is InChI=1S/C14H25N5O2/c1-4-6-14(3,15)13(20)19-7-8-21-10(9-19)12-16-11(5-2)17-18-12/h10H,4-9,15H2,1-3H3,(H,16,17,18). The third-order valence-corrected chi connectivity index (χ3v) is 3.78. The van der Waals surface area contributed by atoms with Crippen molar-refractivity contribution >= 4 is 5.91 Å². The first-order valence-electron chi connectivity index (χ1n) is 7.59. The van der Waals surface area contributed by atoms with E-state index in [9.17, 15) is 4.79 Å². The molecule has 0 bridgehead atoms. The Bertz CT molecular complexity index is 485. The molecule has 3 N–H and O–H groups in total. The summed E-state index contributed by atoms with van der Waals surface area (Å²) in [5.41, 5.74) is 5.33. The van der Waals surface area contributed by atoms with Crippen LogP contribution in [-0.4, -0.2) is 51.2 Å². The summed E-state index contributed by atoms with van der Waals surface area (Å²) in [6.07, 6.45) is 2.07. The molecule has 1 aliphatic heterocycles. The second kappa shape index (κ2) is 6.53. The van der Waals surface area contributed by atoms with Crippen LogP contribution in [0.2, 0.25) is 0 Å². The second-order valence-electron chi connectivity index (χ2n) is 5.77. The minimum absolute atomic E-state index is 0.0242. The number of nitrogens with one attached hydrogen (secondary N) is 1. The topological polar surface area (TPSA) is 97.1 Å². The molecule has 0 spiro atoms. The number of nitrogens with two attached hydrogens (primary N) is 1. The van der Waals surface area contributed by atoms with Gasteiger partial charge in [-0.15, -0.1) is 0 Å². The van der Waals surface area contributed by atoms with Crippen LogP contribution in [0, 0.1) is 0 Å². The van der Waals surface area contributed by atoms with Gasteiger partial charge in [0.2, 0.25) is 5.91 Å². The Labute approximate surface area is 125 Å². The number of carbonyl (C=O) groups is 1. The van der Waals surface area contributed by atoms with Gasteiger partial charge in [-0.1, -0.05) is 20.3 Å². The van der Waals surface area contributed by atoms with Crippen LogP contribution in [0.5, 0.6) is 0 Å². The van der Waals surface area contributed by atoms with Crippen molar-refractivity contribution in [2.45, 2.75) is 51.7 Å². The molecular formula is C14H25N5O2. The first kappa shape index (κ1) is 15.9. The van der Waals surface area contributed by atoms with Crippen molar-refractivity contribution in [3.8, 4) is 0 Å². The van der Waals surface area contributed by atoms with Crippen LogP contribution in [0.1, 0.15) is 51.4 Å². The Morgan fingerprint density at radius 3 is 2.95 bits per heavy atom. The minimum atomic E-state index is -0.815. The van der Waals surface area contributed by atoms with Crippen LogP contribution >= 0.6 is 0 Å². The van der Waals surface area contributed by atoms with E-state index in [2.05, 4.69) is 15.2 Å². The van der Waals surface area contributed by atoms with E-state index in [1.807, 2.05) is 13.8 Å². The van der Waals surface area contributed by atoms with E-state index in [0.717, 1.165) is 18.7 Å². The van der Waals surface area contributed by atoms with Gasteiger partial charge < -0.3 is 15.4 Å². The lowest BCUT2D eigenvalue weighted by molar-refractivity contribution is -0.144. The molecule has 2 unspecified atom stereocenters. The summed E-state index contributed by atoms with van der Waals surface area (Å²) in [6.45, 7) is 7.33. The lowest BCUT2D eigenvalue weighted by Crippen LogP contribution is -2.56. The zero-order valence-corrected chi connectivity index (χ0v) is 13.1. The molecule has 1 fully saturated rings. The van der Waals surface area contributed by atoms with Crippen LogP contribution in [0.15, 0.2) is 0 Å². The fourth-order valence-electron chi connectivity index (χ4n) is 2.59. The molecule has 2 rings (SSSR count). The predicted molar refractivity (Wildman–Crippen MR) is 78.5 cm³/mol. The highest BCUT2D eigenvalue weighted by Gasteiger charge is 2.35. The fourth-order valence-corrected chi connectivity index (χ4v) is 2.59. The quantitative estimate of drug-likeness (QED) is 0.837. The fraction of sp³-hybridized carbons (Fsp3) is 0.786. The maximum atomic E-state index is 12.5. The molecule has 1 saturated heterocycles. The molecule has 7 heteroatoms. The SMILES string of the molecule is CCCC(C)(N)C(=O)N1CCOC(c2n[nH]c(CC)n2)C1. The van der Waals surface area contributed by atoms with Crippen molar-refractivity contribution in [1.82, 2.24) is 20.1 Å². The van der Waals surface area contributed by atoms with Crippen LogP contribution in [0.4, 0.5) is 0 Å². The van der Waals surface area contributed by atoms with E-state index in [4.69, 9.17) is 10.5 Å². The molecule has 1 aromatic heterocycles. The van der Waals surface area contributed by atoms with Gasteiger partial charge in [-0.2, -0.15) is 5.10 Å². The molecule has 118 valence electrons. The van der Waals surface area contributed by atoms with E-state index in [1.165, 1.54) is 0 Å². The summed E-state index contributed by atoms with van der Waals surface area (Å²) in [5.74, 6) is 1.41. The normalized spacial score (nSPS) is 22.1. The second-order valence-corrected chi connectivity index (χ2v) is 5.77. The van der Waals surface area contributed by atoms with Crippen molar-refractivity contribution in [2.75, 3.05) is 19.7 Å². The number of hydrogen-bond donors (Lipinski definition) is 2. The maximum absolute atomic E-state index is 12.5. The van der Waals surface area contributed by atoms with Gasteiger partial charge in [-0.3, -0.25) is 9.89 Å². The number of rotatable bonds is 5. The minimum Gasteiger partial charge on any atom is -0.366 e. The number of ether oxygens (including phenoxy) is 1. The molecule has 0 saturated carbocycles. The van der Waals surface area contributed by atoms with Crippen molar-refractivity contribution in [3.63, 3.8) is 0 Å². The molecule has 1 aromatic rings. The van der Waals surface area contributed by atoms with Gasteiger partial charge in [-0.05, 0) is 13.3 Å². The molecule has 0 aromatic carbocycles. The number of H-pyrrole nitrogens is 1. The van der Waals surface area contributed by atoms with Gasteiger partial charge in [0.25, 0.3) is 0 Å². The average Bonchev–Trinajstić information content (AvgIpc) is 2.95. The number of nitrogens with zero attached hydrogens (tertiary/aromatic N) is 3. The van der Waals surface area contributed by atoms with Gasteiger partial charge in [0, 0.05) is 13.0 Å². The number of amides is 1. The third kappa shape index (κ3) is 3.59. The van der Waals surface area contributed by atoms with Crippen LogP contribution < -0.4 is 5.73 Å². The Balaban J connectivity index is 2.05. The lowest BCUT2D eigenvalue weighted by atomic mass is 9.95. The Morgan fingerprint density at radius 1 is 1.57 bits per heavy atom. The van der Waals surface area contributed by atoms with Crippen molar-refractivity contribution < 1.29 is 9.53 Å². The van der Waals surface area contributed by atoms with Gasteiger partial charge in [-0.25, -0.2) is 4.98 Å². The molecule has 1 aliphatic rings. The van der Waals surface area contributed by atoms with E-state index in [-0.39, 0.29) is 12.0 Å². The molecular weight excluding hydrogens is 270 g/mol. The van der Waals surface area contributed by atoms with Crippen molar-refractivity contribution in [2.24, 2.45) is 5.73 Å². The van der Waals surface area contributed by atoms with E-state index < -0.39 is 5.54 Å². The van der Waals surface area contributed by atoms with Gasteiger partial charge in [0.05, 0.1) is 18.7 Å². The molecule has 1 amide bonds. The van der Waals surface area contributed by atoms with Crippen LogP contribution in [0.3, 0.4) is 0 Å². The molecule has 0 aliphatic carbocycles. The highest BCUT2D eigenvalue weighted by atomic mass is 16.5. The molecule has 21 heavy (non-hydrogen) atoms. The smallest absolute Gasteiger partial charge is 0.242 e. The number of aromatic nitrogens is 3. The number of morpholine rings is 1. The summed E-state index contributed by atoms with van der Waals surface area (Å²) < 4.78 is 5.70. The maximum Gasteiger partial charge on any atom is 0.242 e. The van der Waals surface area contributed by atoms with E-state index in [1.54, 1.807) is 11.8 Å². The van der Waals surface area contributed by atoms with Gasteiger partial charge >= 0.3 is 0 Å². The highest BCUT2D eigenvalue weighted by Crippen LogP contribution is 2.22. The molecule has 2 heterocycles. The average molecular weight is 295 g/mol. The Kier molecular flexibility index (Phi) is 4.95. The lowest BCUT2D eigenvalue weighted by Gasteiger charge is -2.36. The largest absolute Gasteiger partial charge is 0.366 e. The summed E-state index contributed by atoms with van der Waals surface area (Å²) in [4.78, 5) is 18.7. The molecule has 2 atom stereocenters. The summed E-state index contributed by atoms with van der Waals surface area (Å²) in [6, 6.07) is 0. The van der Waals surface area contributed by atoms with Gasteiger partial charge in [0.15, 0.2) is 5.82 Å².